The van der Waals surface area contributed by atoms with Crippen LogP contribution < -0.4 is 11.4 Å². The summed E-state index contributed by atoms with van der Waals surface area (Å²) < 4.78 is 3.18. The lowest BCUT2D eigenvalue weighted by Crippen LogP contribution is -2.22. The fraction of sp³-hybridized carbons (Fsp3) is 0.167. The highest BCUT2D eigenvalue weighted by Gasteiger charge is 2.02. The van der Waals surface area contributed by atoms with E-state index in [1.54, 1.807) is 24.0 Å². The van der Waals surface area contributed by atoms with Crippen molar-refractivity contribution in [1.82, 2.24) is 9.13 Å². The van der Waals surface area contributed by atoms with E-state index in [1.165, 1.54) is 4.57 Å². The molecule has 0 spiro atoms. The Morgan fingerprint density at radius 1 is 1.41 bits per heavy atom. The van der Waals surface area contributed by atoms with Crippen molar-refractivity contribution in [3.8, 4) is 0 Å². The Hall–Kier alpha value is -1.88. The molecule has 0 saturated heterocycles. The molecule has 1 aromatic heterocycles. The molecule has 0 aliphatic heterocycles. The van der Waals surface area contributed by atoms with E-state index < -0.39 is 0 Å². The quantitative estimate of drug-likeness (QED) is 0.819. The zero-order valence-electron chi connectivity index (χ0n) is 9.46. The molecule has 88 valence electrons. The van der Waals surface area contributed by atoms with E-state index in [2.05, 4.69) is 0 Å². The van der Waals surface area contributed by atoms with Crippen LogP contribution in [0.3, 0.4) is 0 Å². The lowest BCUT2D eigenvalue weighted by atomic mass is 10.1. The van der Waals surface area contributed by atoms with Gasteiger partial charge in [0.2, 0.25) is 0 Å². The van der Waals surface area contributed by atoms with Crippen molar-refractivity contribution in [2.24, 2.45) is 12.8 Å². The molecule has 5 heteroatoms. The first kappa shape index (κ1) is 11.6. The number of nitrogens with two attached hydrogens (primary N) is 1. The molecule has 0 aliphatic carbocycles. The standard InChI is InChI=1S/C12H13N3OS/c1-14-5-6-15(12(14)16)8-9-3-2-4-10(7-9)11(13)17/h2-7H,8H2,1H3,(H2,13,17). The third-order valence-corrected chi connectivity index (χ3v) is 2.82. The van der Waals surface area contributed by atoms with Crippen LogP contribution in [0.1, 0.15) is 11.1 Å². The first-order valence-corrected chi connectivity index (χ1v) is 5.59. The predicted octanol–water partition coefficient (Wildman–Crippen LogP) is 0.869. The molecule has 0 fully saturated rings. The Bertz CT molecular complexity index is 612. The molecule has 0 unspecified atom stereocenters. The van der Waals surface area contributed by atoms with Crippen molar-refractivity contribution in [3.05, 3.63) is 58.3 Å². The number of thiocarbonyl (C=S) groups is 1. The molecule has 4 nitrogen and oxygen atoms in total. The van der Waals surface area contributed by atoms with Gasteiger partial charge in [0, 0.05) is 25.0 Å². The summed E-state index contributed by atoms with van der Waals surface area (Å²) >= 11 is 4.92. The topological polar surface area (TPSA) is 52.9 Å². The Morgan fingerprint density at radius 2 is 2.18 bits per heavy atom. The van der Waals surface area contributed by atoms with Crippen molar-refractivity contribution in [1.29, 1.82) is 0 Å². The summed E-state index contributed by atoms with van der Waals surface area (Å²) in [6.45, 7) is 0.524. The van der Waals surface area contributed by atoms with Gasteiger partial charge in [-0.05, 0) is 11.6 Å². The highest BCUT2D eigenvalue weighted by Crippen LogP contribution is 2.06. The largest absolute Gasteiger partial charge is 0.389 e. The number of benzene rings is 1. The van der Waals surface area contributed by atoms with Crippen LogP contribution in [0.15, 0.2) is 41.5 Å². The Kier molecular flexibility index (Phi) is 3.10. The van der Waals surface area contributed by atoms with E-state index >= 15 is 0 Å². The molecule has 0 atom stereocenters. The molecular formula is C12H13N3OS. The molecule has 0 bridgehead atoms. The van der Waals surface area contributed by atoms with Gasteiger partial charge in [-0.15, -0.1) is 0 Å². The Balaban J connectivity index is 2.30. The minimum absolute atomic E-state index is 0.0364. The second-order valence-electron chi connectivity index (χ2n) is 3.88. The zero-order valence-corrected chi connectivity index (χ0v) is 10.3. The summed E-state index contributed by atoms with van der Waals surface area (Å²) in [5.74, 6) is 0. The van der Waals surface area contributed by atoms with Crippen LogP contribution in [0.5, 0.6) is 0 Å². The molecule has 1 aromatic carbocycles. The molecule has 0 amide bonds. The molecule has 2 rings (SSSR count). The van der Waals surface area contributed by atoms with E-state index in [4.69, 9.17) is 18.0 Å². The number of aromatic nitrogens is 2. The highest BCUT2D eigenvalue weighted by molar-refractivity contribution is 7.80. The molecule has 2 N–H and O–H groups in total. The number of hydrogen-bond acceptors (Lipinski definition) is 2. The molecular weight excluding hydrogens is 234 g/mol. The molecule has 0 aliphatic rings. The minimum atomic E-state index is -0.0364. The smallest absolute Gasteiger partial charge is 0.328 e. The summed E-state index contributed by atoms with van der Waals surface area (Å²) in [5, 5.41) is 0. The lowest BCUT2D eigenvalue weighted by Gasteiger charge is -2.04. The average molecular weight is 247 g/mol. The summed E-state index contributed by atoms with van der Waals surface area (Å²) in [4.78, 5) is 12.0. The Labute approximate surface area is 104 Å². The fourth-order valence-electron chi connectivity index (χ4n) is 1.65. The minimum Gasteiger partial charge on any atom is -0.389 e. The summed E-state index contributed by atoms with van der Waals surface area (Å²) in [6, 6.07) is 7.60. The van der Waals surface area contributed by atoms with Gasteiger partial charge in [0.1, 0.15) is 4.99 Å². The third kappa shape index (κ3) is 2.45. The molecule has 2 aromatic rings. The van der Waals surface area contributed by atoms with E-state index in [1.807, 2.05) is 24.3 Å². The normalized spacial score (nSPS) is 10.4. The number of hydrogen-bond donors (Lipinski definition) is 1. The number of imidazole rings is 1. The van der Waals surface area contributed by atoms with Gasteiger partial charge in [-0.1, -0.05) is 30.4 Å². The van der Waals surface area contributed by atoms with Crippen molar-refractivity contribution in [2.45, 2.75) is 6.54 Å². The first-order chi connectivity index (χ1) is 8.08. The van der Waals surface area contributed by atoms with Crippen molar-refractivity contribution >= 4 is 17.2 Å². The van der Waals surface area contributed by atoms with Gasteiger partial charge in [-0.25, -0.2) is 4.79 Å². The Morgan fingerprint density at radius 3 is 2.76 bits per heavy atom. The SMILES string of the molecule is Cn1ccn(Cc2cccc(C(N)=S)c2)c1=O. The maximum absolute atomic E-state index is 11.7. The maximum atomic E-state index is 11.7. The van der Waals surface area contributed by atoms with Crippen molar-refractivity contribution in [3.63, 3.8) is 0 Å². The van der Waals surface area contributed by atoms with Crippen LogP contribution in [0.4, 0.5) is 0 Å². The van der Waals surface area contributed by atoms with Gasteiger partial charge in [0.05, 0.1) is 6.54 Å². The van der Waals surface area contributed by atoms with Crippen LogP contribution >= 0.6 is 12.2 Å². The predicted molar refractivity (Wildman–Crippen MR) is 71.1 cm³/mol. The second kappa shape index (κ2) is 4.55. The molecule has 17 heavy (non-hydrogen) atoms. The van der Waals surface area contributed by atoms with Crippen molar-refractivity contribution in [2.75, 3.05) is 0 Å². The van der Waals surface area contributed by atoms with Crippen LogP contribution in [0.25, 0.3) is 0 Å². The average Bonchev–Trinajstić information content (AvgIpc) is 2.61. The van der Waals surface area contributed by atoms with E-state index in [0.717, 1.165) is 11.1 Å². The van der Waals surface area contributed by atoms with Gasteiger partial charge in [0.15, 0.2) is 0 Å². The molecule has 1 heterocycles. The number of nitrogens with zero attached hydrogens (tertiary/aromatic N) is 2. The highest BCUT2D eigenvalue weighted by atomic mass is 32.1. The fourth-order valence-corrected chi connectivity index (χ4v) is 1.78. The maximum Gasteiger partial charge on any atom is 0.328 e. The lowest BCUT2D eigenvalue weighted by molar-refractivity contribution is 0.718. The number of aryl methyl sites for hydroxylation is 1. The van der Waals surface area contributed by atoms with Crippen LogP contribution in [-0.2, 0) is 13.6 Å². The zero-order chi connectivity index (χ0) is 12.4. The first-order valence-electron chi connectivity index (χ1n) is 5.18. The van der Waals surface area contributed by atoms with Gasteiger partial charge in [0.25, 0.3) is 0 Å². The third-order valence-electron chi connectivity index (χ3n) is 2.58. The van der Waals surface area contributed by atoms with Crippen LogP contribution in [0, 0.1) is 0 Å². The van der Waals surface area contributed by atoms with Gasteiger partial charge in [-0.3, -0.25) is 4.57 Å². The summed E-state index contributed by atoms with van der Waals surface area (Å²) in [6.07, 6.45) is 3.50. The van der Waals surface area contributed by atoms with Gasteiger partial charge < -0.3 is 10.3 Å². The van der Waals surface area contributed by atoms with Crippen LogP contribution in [-0.4, -0.2) is 14.1 Å². The second-order valence-corrected chi connectivity index (χ2v) is 4.32. The van der Waals surface area contributed by atoms with E-state index in [0.29, 0.717) is 11.5 Å². The van der Waals surface area contributed by atoms with Crippen molar-refractivity contribution < 1.29 is 0 Å². The molecule has 0 saturated carbocycles. The van der Waals surface area contributed by atoms with Gasteiger partial charge >= 0.3 is 5.69 Å². The molecule has 0 radical (unpaired) electrons. The monoisotopic (exact) mass is 247 g/mol. The summed E-state index contributed by atoms with van der Waals surface area (Å²) in [7, 11) is 1.73. The van der Waals surface area contributed by atoms with E-state index in [-0.39, 0.29) is 5.69 Å². The number of rotatable bonds is 3. The summed E-state index contributed by atoms with van der Waals surface area (Å²) in [5.41, 5.74) is 7.36. The van der Waals surface area contributed by atoms with E-state index in [9.17, 15) is 4.79 Å². The van der Waals surface area contributed by atoms with Crippen LogP contribution in [0.2, 0.25) is 0 Å². The van der Waals surface area contributed by atoms with Gasteiger partial charge in [-0.2, -0.15) is 0 Å².